The number of nitrogens with zero attached hydrogens (tertiary/aromatic N) is 1. The van der Waals surface area contributed by atoms with E-state index in [0.29, 0.717) is 36.3 Å². The summed E-state index contributed by atoms with van der Waals surface area (Å²) in [5, 5.41) is 13.1. The van der Waals surface area contributed by atoms with Crippen LogP contribution in [-0.2, 0) is 29.0 Å². The number of benzene rings is 2. The Labute approximate surface area is 218 Å². The summed E-state index contributed by atoms with van der Waals surface area (Å²) in [7, 11) is 1.38. The van der Waals surface area contributed by atoms with Crippen molar-refractivity contribution in [2.75, 3.05) is 20.3 Å². The van der Waals surface area contributed by atoms with Crippen LogP contribution in [-0.4, -0.2) is 41.9 Å². The molecule has 0 saturated heterocycles. The lowest BCUT2D eigenvalue weighted by molar-refractivity contribution is -0.139. The van der Waals surface area contributed by atoms with Crippen molar-refractivity contribution < 1.29 is 24.2 Å². The Balaban J connectivity index is 0.00000153. The highest BCUT2D eigenvalue weighted by molar-refractivity contribution is 5.94. The summed E-state index contributed by atoms with van der Waals surface area (Å²) in [6.45, 7) is 8.65. The van der Waals surface area contributed by atoms with Gasteiger partial charge in [0.2, 0.25) is 5.43 Å². The SMILES string of the molecule is CCC.CCn1cc(C(=O)O)c(=O)c2cccc(OCCCCNCc3cccc(CC(=O)OC)c3)c21. The third-order valence-electron chi connectivity index (χ3n) is 5.53. The number of ether oxygens (including phenoxy) is 2. The molecule has 2 N–H and O–H groups in total. The summed E-state index contributed by atoms with van der Waals surface area (Å²) >= 11 is 0. The molecule has 0 fully saturated rings. The fraction of sp³-hybridized carbons (Fsp3) is 0.414. The number of aromatic nitrogens is 1. The number of aryl methyl sites for hydroxylation is 1. The van der Waals surface area contributed by atoms with E-state index in [-0.39, 0.29) is 18.0 Å². The highest BCUT2D eigenvalue weighted by Gasteiger charge is 2.16. The quantitative estimate of drug-likeness (QED) is 0.266. The number of hydrogen-bond donors (Lipinski definition) is 2. The number of carbonyl (C=O) groups is 2. The van der Waals surface area contributed by atoms with Crippen molar-refractivity contribution in [3.63, 3.8) is 0 Å². The predicted octanol–water partition coefficient (Wildman–Crippen LogP) is 4.80. The summed E-state index contributed by atoms with van der Waals surface area (Å²) in [5.41, 5.74) is 1.90. The Morgan fingerprint density at radius 1 is 1.03 bits per heavy atom. The molecule has 8 heteroatoms. The molecule has 8 nitrogen and oxygen atoms in total. The molecular formula is C29H38N2O6. The van der Waals surface area contributed by atoms with Gasteiger partial charge in [-0.15, -0.1) is 0 Å². The van der Waals surface area contributed by atoms with Crippen molar-refractivity contribution in [1.29, 1.82) is 0 Å². The zero-order valence-corrected chi connectivity index (χ0v) is 22.2. The molecule has 0 radical (unpaired) electrons. The number of carboxylic acids is 1. The van der Waals surface area contributed by atoms with Crippen molar-refractivity contribution in [3.8, 4) is 5.75 Å². The van der Waals surface area contributed by atoms with Crippen molar-refractivity contribution in [1.82, 2.24) is 9.88 Å². The minimum absolute atomic E-state index is 0.242. The molecule has 0 atom stereocenters. The summed E-state index contributed by atoms with van der Waals surface area (Å²) in [6.07, 6.45) is 4.61. The number of esters is 1. The van der Waals surface area contributed by atoms with Crippen LogP contribution in [0.5, 0.6) is 5.75 Å². The fourth-order valence-corrected chi connectivity index (χ4v) is 3.80. The zero-order chi connectivity index (χ0) is 27.2. The van der Waals surface area contributed by atoms with Crippen LogP contribution in [0.1, 0.15) is 61.5 Å². The number of unbranched alkanes of at least 4 members (excludes halogenated alkanes) is 1. The van der Waals surface area contributed by atoms with E-state index >= 15 is 0 Å². The molecule has 0 bridgehead atoms. The fourth-order valence-electron chi connectivity index (χ4n) is 3.80. The van der Waals surface area contributed by atoms with Gasteiger partial charge in [-0.1, -0.05) is 50.6 Å². The molecule has 37 heavy (non-hydrogen) atoms. The topological polar surface area (TPSA) is 107 Å². The third-order valence-corrected chi connectivity index (χ3v) is 5.53. The summed E-state index contributed by atoms with van der Waals surface area (Å²) in [5.74, 6) is -0.915. The first kappa shape index (κ1) is 29.6. The van der Waals surface area contributed by atoms with Gasteiger partial charge in [0.1, 0.15) is 11.3 Å². The number of methoxy groups -OCH3 is 1. The highest BCUT2D eigenvalue weighted by Crippen LogP contribution is 2.24. The van der Waals surface area contributed by atoms with Gasteiger partial charge in [0, 0.05) is 19.3 Å². The van der Waals surface area contributed by atoms with Crippen molar-refractivity contribution in [3.05, 3.63) is 75.6 Å². The monoisotopic (exact) mass is 510 g/mol. The van der Waals surface area contributed by atoms with E-state index in [2.05, 4.69) is 19.2 Å². The van der Waals surface area contributed by atoms with Crippen molar-refractivity contribution in [2.24, 2.45) is 0 Å². The minimum Gasteiger partial charge on any atom is -0.491 e. The Kier molecular flexibility index (Phi) is 12.4. The van der Waals surface area contributed by atoms with E-state index in [9.17, 15) is 19.5 Å². The van der Waals surface area contributed by atoms with Gasteiger partial charge < -0.3 is 24.5 Å². The predicted molar refractivity (Wildman–Crippen MR) is 145 cm³/mol. The van der Waals surface area contributed by atoms with Crippen LogP contribution in [0.4, 0.5) is 0 Å². The number of nitrogens with one attached hydrogen (secondary N) is 1. The first-order chi connectivity index (χ1) is 17.9. The summed E-state index contributed by atoms with van der Waals surface area (Å²) in [6, 6.07) is 13.0. The number of carbonyl (C=O) groups excluding carboxylic acids is 1. The molecule has 0 aliphatic carbocycles. The lowest BCUT2D eigenvalue weighted by Crippen LogP contribution is -2.19. The molecule has 0 unspecified atom stereocenters. The molecule has 1 heterocycles. The Morgan fingerprint density at radius 3 is 2.41 bits per heavy atom. The molecule has 0 aliphatic rings. The molecule has 200 valence electrons. The zero-order valence-electron chi connectivity index (χ0n) is 22.2. The highest BCUT2D eigenvalue weighted by atomic mass is 16.5. The maximum absolute atomic E-state index is 12.6. The molecule has 2 aromatic carbocycles. The van der Waals surface area contributed by atoms with Gasteiger partial charge in [0.15, 0.2) is 0 Å². The first-order valence-electron chi connectivity index (χ1n) is 12.7. The number of fused-ring (bicyclic) bond motifs is 1. The van der Waals surface area contributed by atoms with Crippen LogP contribution < -0.4 is 15.5 Å². The van der Waals surface area contributed by atoms with E-state index in [1.54, 1.807) is 22.8 Å². The molecule has 0 aliphatic heterocycles. The second-order valence-electron chi connectivity index (χ2n) is 8.63. The van der Waals surface area contributed by atoms with Crippen LogP contribution in [0.15, 0.2) is 53.5 Å². The molecule has 1 aromatic heterocycles. The average molecular weight is 511 g/mol. The van der Waals surface area contributed by atoms with E-state index in [1.165, 1.54) is 19.7 Å². The van der Waals surface area contributed by atoms with Crippen molar-refractivity contribution in [2.45, 2.75) is 59.5 Å². The maximum Gasteiger partial charge on any atom is 0.341 e. The minimum atomic E-state index is -1.23. The molecule has 3 aromatic rings. The number of rotatable bonds is 12. The first-order valence-corrected chi connectivity index (χ1v) is 12.7. The van der Waals surface area contributed by atoms with E-state index in [0.717, 1.165) is 30.5 Å². The van der Waals surface area contributed by atoms with E-state index in [1.807, 2.05) is 31.2 Å². The van der Waals surface area contributed by atoms with Crippen LogP contribution in [0.25, 0.3) is 10.9 Å². The summed E-state index contributed by atoms with van der Waals surface area (Å²) in [4.78, 5) is 35.4. The molecule has 0 spiro atoms. The number of pyridine rings is 1. The van der Waals surface area contributed by atoms with Gasteiger partial charge in [-0.3, -0.25) is 9.59 Å². The lowest BCUT2D eigenvalue weighted by Gasteiger charge is -2.15. The van der Waals surface area contributed by atoms with Crippen LogP contribution in [0, 0.1) is 0 Å². The lowest BCUT2D eigenvalue weighted by atomic mass is 10.1. The van der Waals surface area contributed by atoms with Crippen molar-refractivity contribution >= 4 is 22.8 Å². The number of carboxylic acid groups (broad SMARTS) is 1. The molecular weight excluding hydrogens is 472 g/mol. The van der Waals surface area contributed by atoms with Crippen LogP contribution in [0.2, 0.25) is 0 Å². The standard InChI is InChI=1S/C26H30N2O6.C3H8/c1-3-28-17-21(26(31)32)25(30)20-10-7-11-22(24(20)28)34-13-5-4-12-27-16-19-9-6-8-18(14-19)15-23(29)33-2;1-3-2/h6-11,14,17,27H,3-5,12-13,15-16H2,1-2H3,(H,31,32);3H2,1-2H3. The van der Waals surface area contributed by atoms with Gasteiger partial charge in [0.25, 0.3) is 0 Å². The Hall–Kier alpha value is -3.65. The molecule has 0 amide bonds. The average Bonchev–Trinajstić information content (AvgIpc) is 2.89. The Bertz CT molecular complexity index is 1230. The largest absolute Gasteiger partial charge is 0.491 e. The summed E-state index contributed by atoms with van der Waals surface area (Å²) < 4.78 is 12.4. The third kappa shape index (κ3) is 8.75. The van der Waals surface area contributed by atoms with E-state index < -0.39 is 11.4 Å². The smallest absolute Gasteiger partial charge is 0.341 e. The van der Waals surface area contributed by atoms with E-state index in [4.69, 9.17) is 9.47 Å². The molecule has 3 rings (SSSR count). The Morgan fingerprint density at radius 2 is 1.73 bits per heavy atom. The van der Waals surface area contributed by atoms with Gasteiger partial charge in [-0.05, 0) is 49.6 Å². The van der Waals surface area contributed by atoms with Crippen LogP contribution in [0.3, 0.4) is 0 Å². The van der Waals surface area contributed by atoms with Gasteiger partial charge in [0.05, 0.1) is 31.0 Å². The number of para-hydroxylation sites is 1. The van der Waals surface area contributed by atoms with Gasteiger partial charge in [-0.2, -0.15) is 0 Å². The van der Waals surface area contributed by atoms with Gasteiger partial charge >= 0.3 is 11.9 Å². The second-order valence-corrected chi connectivity index (χ2v) is 8.63. The molecule has 0 saturated carbocycles. The van der Waals surface area contributed by atoms with Gasteiger partial charge in [-0.25, -0.2) is 4.79 Å². The second kappa shape index (κ2) is 15.5. The normalized spacial score (nSPS) is 10.5. The number of hydrogen-bond acceptors (Lipinski definition) is 6. The number of aromatic carboxylic acids is 1. The van der Waals surface area contributed by atoms with Crippen LogP contribution >= 0.6 is 0 Å². The maximum atomic E-state index is 12.6.